The molecule has 1 N–H and O–H groups in total. The second-order valence-corrected chi connectivity index (χ2v) is 5.33. The Balaban J connectivity index is 1.92. The molecule has 1 fully saturated rings. The summed E-state index contributed by atoms with van der Waals surface area (Å²) < 4.78 is 10.7. The number of carbonyl (C=O) groups is 2. The molecule has 6 heteroatoms. The highest BCUT2D eigenvalue weighted by Gasteiger charge is 2.36. The first-order valence-electron chi connectivity index (χ1n) is 7.30. The van der Waals surface area contributed by atoms with Gasteiger partial charge in [0.1, 0.15) is 17.9 Å². The summed E-state index contributed by atoms with van der Waals surface area (Å²) in [6.45, 7) is 2.40. The molecule has 1 heterocycles. The van der Waals surface area contributed by atoms with Crippen molar-refractivity contribution >= 4 is 11.9 Å². The second-order valence-electron chi connectivity index (χ2n) is 5.33. The molecule has 0 saturated carbocycles. The highest BCUT2D eigenvalue weighted by atomic mass is 16.5. The maximum Gasteiger partial charge on any atom is 0.326 e. The van der Waals surface area contributed by atoms with Crippen molar-refractivity contribution < 1.29 is 24.2 Å². The minimum Gasteiger partial charge on any atom is -0.497 e. The Labute approximate surface area is 129 Å². The average Bonchev–Trinajstić information content (AvgIpc) is 3.01. The van der Waals surface area contributed by atoms with Crippen LogP contribution in [0, 0.1) is 0 Å². The van der Waals surface area contributed by atoms with Gasteiger partial charge in [0.05, 0.1) is 13.7 Å². The Hall–Kier alpha value is -2.08. The summed E-state index contributed by atoms with van der Waals surface area (Å²) in [4.78, 5) is 24.9. The third-order valence-corrected chi connectivity index (χ3v) is 3.80. The van der Waals surface area contributed by atoms with Crippen LogP contribution in [0.5, 0.6) is 5.75 Å². The van der Waals surface area contributed by atoms with Crippen molar-refractivity contribution in [2.75, 3.05) is 13.7 Å². The van der Waals surface area contributed by atoms with Crippen LogP contribution in [0.4, 0.5) is 0 Å². The number of nitrogens with zero attached hydrogens (tertiary/aromatic N) is 1. The maximum absolute atomic E-state index is 12.3. The molecule has 1 aliphatic heterocycles. The van der Waals surface area contributed by atoms with E-state index in [4.69, 9.17) is 14.6 Å². The van der Waals surface area contributed by atoms with E-state index in [0.717, 1.165) is 11.3 Å². The lowest BCUT2D eigenvalue weighted by Gasteiger charge is -2.25. The molecular weight excluding hydrogens is 286 g/mol. The zero-order valence-corrected chi connectivity index (χ0v) is 12.8. The number of aliphatic carboxylic acids is 1. The quantitative estimate of drug-likeness (QED) is 0.865. The van der Waals surface area contributed by atoms with Gasteiger partial charge in [-0.1, -0.05) is 12.1 Å². The number of hydrogen-bond acceptors (Lipinski definition) is 4. The highest BCUT2D eigenvalue weighted by molar-refractivity contribution is 5.86. The molecule has 6 nitrogen and oxygen atoms in total. The molecule has 2 atom stereocenters. The van der Waals surface area contributed by atoms with Crippen LogP contribution in [-0.2, 0) is 20.9 Å². The van der Waals surface area contributed by atoms with Crippen LogP contribution in [0.2, 0.25) is 0 Å². The normalized spacial score (nSPS) is 19.0. The fourth-order valence-corrected chi connectivity index (χ4v) is 2.58. The van der Waals surface area contributed by atoms with E-state index in [0.29, 0.717) is 19.4 Å². The fourth-order valence-electron chi connectivity index (χ4n) is 2.58. The lowest BCUT2D eigenvalue weighted by molar-refractivity contribution is -0.153. The fraction of sp³-hybridized carbons (Fsp3) is 0.500. The van der Waals surface area contributed by atoms with Crippen LogP contribution >= 0.6 is 0 Å². The summed E-state index contributed by atoms with van der Waals surface area (Å²) in [5, 5.41) is 9.13. The molecule has 0 bridgehead atoms. The van der Waals surface area contributed by atoms with Crippen LogP contribution in [0.1, 0.15) is 25.3 Å². The Morgan fingerprint density at radius 2 is 2.23 bits per heavy atom. The number of methoxy groups -OCH3 is 1. The Morgan fingerprint density at radius 3 is 2.91 bits per heavy atom. The van der Waals surface area contributed by atoms with Crippen molar-refractivity contribution in [1.82, 2.24) is 4.90 Å². The van der Waals surface area contributed by atoms with Gasteiger partial charge in [-0.3, -0.25) is 4.79 Å². The van der Waals surface area contributed by atoms with Crippen LogP contribution < -0.4 is 4.74 Å². The molecule has 1 saturated heterocycles. The van der Waals surface area contributed by atoms with E-state index in [9.17, 15) is 9.59 Å². The van der Waals surface area contributed by atoms with Crippen LogP contribution in [0.15, 0.2) is 24.3 Å². The summed E-state index contributed by atoms with van der Waals surface area (Å²) in [6.07, 6.45) is 0.542. The number of carbonyl (C=O) groups excluding carboxylic acids is 1. The second kappa shape index (κ2) is 7.26. The van der Waals surface area contributed by atoms with E-state index in [1.807, 2.05) is 24.3 Å². The molecule has 22 heavy (non-hydrogen) atoms. The van der Waals surface area contributed by atoms with Crippen molar-refractivity contribution in [2.24, 2.45) is 0 Å². The number of carboxylic acids is 1. The number of amides is 1. The largest absolute Gasteiger partial charge is 0.497 e. The smallest absolute Gasteiger partial charge is 0.326 e. The summed E-state index contributed by atoms with van der Waals surface area (Å²) >= 11 is 0. The molecule has 2 rings (SSSR count). The summed E-state index contributed by atoms with van der Waals surface area (Å²) in [5.41, 5.74) is 0.898. The number of benzene rings is 1. The van der Waals surface area contributed by atoms with E-state index in [-0.39, 0.29) is 12.5 Å². The van der Waals surface area contributed by atoms with Gasteiger partial charge >= 0.3 is 5.97 Å². The topological polar surface area (TPSA) is 76.1 Å². The molecule has 0 aliphatic carbocycles. The van der Waals surface area contributed by atoms with Gasteiger partial charge in [0.25, 0.3) is 5.91 Å². The Bertz CT molecular complexity index is 545. The monoisotopic (exact) mass is 307 g/mol. The SMILES string of the molecule is COc1cccc(CO[C@H](C)C(=O)N2CCC[C@@H]2C(=O)O)c1. The van der Waals surface area contributed by atoms with Gasteiger partial charge in [0.15, 0.2) is 0 Å². The van der Waals surface area contributed by atoms with Gasteiger partial charge < -0.3 is 19.5 Å². The van der Waals surface area contributed by atoms with Crippen LogP contribution in [-0.4, -0.2) is 47.7 Å². The third kappa shape index (κ3) is 3.76. The number of rotatable bonds is 6. The number of hydrogen-bond donors (Lipinski definition) is 1. The summed E-state index contributed by atoms with van der Waals surface area (Å²) in [5.74, 6) is -0.496. The van der Waals surface area contributed by atoms with Crippen molar-refractivity contribution in [1.29, 1.82) is 0 Å². The van der Waals surface area contributed by atoms with Crippen LogP contribution in [0.3, 0.4) is 0 Å². The van der Waals surface area contributed by atoms with Gasteiger partial charge in [-0.2, -0.15) is 0 Å². The van der Waals surface area contributed by atoms with E-state index >= 15 is 0 Å². The van der Waals surface area contributed by atoms with E-state index in [1.165, 1.54) is 4.90 Å². The molecule has 1 aliphatic rings. The van der Waals surface area contributed by atoms with Gasteiger partial charge in [-0.15, -0.1) is 0 Å². The van der Waals surface area contributed by atoms with Crippen molar-refractivity contribution in [2.45, 2.75) is 38.5 Å². The molecular formula is C16H21NO5. The average molecular weight is 307 g/mol. The lowest BCUT2D eigenvalue weighted by atomic mass is 10.2. The Morgan fingerprint density at radius 1 is 1.45 bits per heavy atom. The minimum absolute atomic E-state index is 0.271. The van der Waals surface area contributed by atoms with E-state index in [1.54, 1.807) is 14.0 Å². The number of likely N-dealkylation sites (tertiary alicyclic amines) is 1. The van der Waals surface area contributed by atoms with Crippen molar-refractivity contribution in [3.05, 3.63) is 29.8 Å². The molecule has 1 aromatic carbocycles. The number of ether oxygens (including phenoxy) is 2. The van der Waals surface area contributed by atoms with Gasteiger partial charge in [0.2, 0.25) is 0 Å². The first kappa shape index (κ1) is 16.3. The molecule has 120 valence electrons. The highest BCUT2D eigenvalue weighted by Crippen LogP contribution is 2.20. The standard InChI is InChI=1S/C16H21NO5/c1-11(15(18)17-8-4-7-14(17)16(19)20)22-10-12-5-3-6-13(9-12)21-2/h3,5-6,9,11,14H,4,7-8,10H2,1-2H3,(H,19,20)/t11-,14-/m1/s1. The molecule has 0 aromatic heterocycles. The lowest BCUT2D eigenvalue weighted by Crippen LogP contribution is -2.45. The zero-order chi connectivity index (χ0) is 16.1. The predicted octanol–water partition coefficient (Wildman–Crippen LogP) is 1.68. The van der Waals surface area contributed by atoms with E-state index < -0.39 is 18.1 Å². The molecule has 1 aromatic rings. The van der Waals surface area contributed by atoms with Crippen molar-refractivity contribution in [3.63, 3.8) is 0 Å². The van der Waals surface area contributed by atoms with E-state index in [2.05, 4.69) is 0 Å². The maximum atomic E-state index is 12.3. The van der Waals surface area contributed by atoms with Crippen LogP contribution in [0.25, 0.3) is 0 Å². The predicted molar refractivity (Wildman–Crippen MR) is 79.6 cm³/mol. The summed E-state index contributed by atoms with van der Waals surface area (Å²) in [7, 11) is 1.59. The molecule has 0 spiro atoms. The van der Waals surface area contributed by atoms with Gasteiger partial charge in [-0.25, -0.2) is 4.79 Å². The molecule has 0 radical (unpaired) electrons. The first-order chi connectivity index (χ1) is 10.5. The molecule has 0 unspecified atom stereocenters. The number of carboxylic acid groups (broad SMARTS) is 1. The Kier molecular flexibility index (Phi) is 5.38. The summed E-state index contributed by atoms with van der Waals surface area (Å²) in [6, 6.07) is 6.68. The third-order valence-electron chi connectivity index (χ3n) is 3.80. The van der Waals surface area contributed by atoms with Crippen molar-refractivity contribution in [3.8, 4) is 5.75 Å². The van der Waals surface area contributed by atoms with Gasteiger partial charge in [-0.05, 0) is 37.5 Å². The van der Waals surface area contributed by atoms with Gasteiger partial charge in [0, 0.05) is 6.54 Å². The zero-order valence-electron chi connectivity index (χ0n) is 12.8. The molecule has 1 amide bonds. The first-order valence-corrected chi connectivity index (χ1v) is 7.30. The minimum atomic E-state index is -0.953.